The predicted octanol–water partition coefficient (Wildman–Crippen LogP) is 1.30. The van der Waals surface area contributed by atoms with E-state index in [1.165, 1.54) is 0 Å². The van der Waals surface area contributed by atoms with Gasteiger partial charge in [0.15, 0.2) is 13.1 Å². The summed E-state index contributed by atoms with van der Waals surface area (Å²) in [4.78, 5) is 40.4. The van der Waals surface area contributed by atoms with Crippen LogP contribution in [0.25, 0.3) is 0 Å². The van der Waals surface area contributed by atoms with Crippen LogP contribution in [-0.2, 0) is 14.4 Å². The van der Waals surface area contributed by atoms with Crippen LogP contribution in [0.4, 0.5) is 17.1 Å². The SMILES string of the molecule is CC[NH+](CC(=O)Nc1cccc(OC)c1)CC(=O)N1c2ccccc2NC(=O)C[C@@H]1C. The average Bonchev–Trinajstić information content (AvgIpc) is 2.87. The molecule has 8 heteroatoms. The lowest BCUT2D eigenvalue weighted by molar-refractivity contribution is -0.881. The number of carbonyl (C=O) groups is 3. The molecular formula is C23H29N4O4+. The van der Waals surface area contributed by atoms with E-state index >= 15 is 0 Å². The summed E-state index contributed by atoms with van der Waals surface area (Å²) >= 11 is 0. The highest BCUT2D eigenvalue weighted by Crippen LogP contribution is 2.31. The van der Waals surface area contributed by atoms with Gasteiger partial charge in [-0.2, -0.15) is 0 Å². The lowest BCUT2D eigenvalue weighted by Crippen LogP contribution is -3.14. The molecule has 0 bridgehead atoms. The van der Waals surface area contributed by atoms with Crippen molar-refractivity contribution in [3.8, 4) is 5.75 Å². The molecule has 2 aromatic carbocycles. The third-order valence-corrected chi connectivity index (χ3v) is 5.29. The highest BCUT2D eigenvalue weighted by atomic mass is 16.5. The van der Waals surface area contributed by atoms with Gasteiger partial charge in [0, 0.05) is 24.2 Å². The molecule has 0 spiro atoms. The number of carbonyl (C=O) groups excluding carboxylic acids is 3. The number of hydrogen-bond acceptors (Lipinski definition) is 4. The number of methoxy groups -OCH3 is 1. The Morgan fingerprint density at radius 1 is 1.19 bits per heavy atom. The van der Waals surface area contributed by atoms with Crippen molar-refractivity contribution < 1.29 is 24.0 Å². The largest absolute Gasteiger partial charge is 0.497 e. The number of anilines is 3. The third-order valence-electron chi connectivity index (χ3n) is 5.29. The Balaban J connectivity index is 1.68. The first-order valence-corrected chi connectivity index (χ1v) is 10.4. The molecule has 3 amide bonds. The summed E-state index contributed by atoms with van der Waals surface area (Å²) in [6.07, 6.45) is 0.220. The van der Waals surface area contributed by atoms with Crippen molar-refractivity contribution in [3.63, 3.8) is 0 Å². The van der Waals surface area contributed by atoms with E-state index in [0.29, 0.717) is 29.4 Å². The number of benzene rings is 2. The van der Waals surface area contributed by atoms with E-state index in [2.05, 4.69) is 10.6 Å². The van der Waals surface area contributed by atoms with Gasteiger partial charge in [0.25, 0.3) is 11.8 Å². The Morgan fingerprint density at radius 2 is 1.97 bits per heavy atom. The zero-order valence-corrected chi connectivity index (χ0v) is 18.1. The average molecular weight is 426 g/mol. The van der Waals surface area contributed by atoms with Gasteiger partial charge in [-0.15, -0.1) is 0 Å². The normalized spacial score (nSPS) is 16.5. The van der Waals surface area contributed by atoms with E-state index in [1.54, 1.807) is 42.3 Å². The van der Waals surface area contributed by atoms with Crippen molar-refractivity contribution in [2.75, 3.05) is 42.3 Å². The van der Waals surface area contributed by atoms with Crippen LogP contribution in [0.1, 0.15) is 20.3 Å². The number of likely N-dealkylation sites (N-methyl/N-ethyl adjacent to an activating group) is 1. The molecule has 1 unspecified atom stereocenters. The van der Waals surface area contributed by atoms with Gasteiger partial charge in [-0.1, -0.05) is 18.2 Å². The summed E-state index contributed by atoms with van der Waals surface area (Å²) in [5.74, 6) is 0.235. The molecule has 1 aliphatic rings. The first-order chi connectivity index (χ1) is 14.9. The maximum absolute atomic E-state index is 13.2. The Morgan fingerprint density at radius 3 is 2.71 bits per heavy atom. The summed E-state index contributed by atoms with van der Waals surface area (Å²) in [5.41, 5.74) is 1.95. The van der Waals surface area contributed by atoms with Crippen molar-refractivity contribution in [1.29, 1.82) is 0 Å². The standard InChI is InChI=1S/C23H28N4O4/c1-4-26(14-22(29)24-17-8-7-9-18(13-17)31-3)15-23(30)27-16(2)12-21(28)25-19-10-5-6-11-20(19)27/h5-11,13,16H,4,12,14-15H2,1-3H3,(H,24,29)(H,25,28)/p+1/t16-/m0/s1. The van der Waals surface area contributed by atoms with E-state index in [1.807, 2.05) is 32.0 Å². The lowest BCUT2D eigenvalue weighted by atomic mass is 10.1. The van der Waals surface area contributed by atoms with Gasteiger partial charge in [-0.3, -0.25) is 14.4 Å². The first kappa shape index (κ1) is 22.3. The molecule has 2 aromatic rings. The second-order valence-electron chi connectivity index (χ2n) is 7.62. The molecular weight excluding hydrogens is 396 g/mol. The second-order valence-corrected chi connectivity index (χ2v) is 7.62. The van der Waals surface area contributed by atoms with Crippen molar-refractivity contribution in [1.82, 2.24) is 0 Å². The first-order valence-electron chi connectivity index (χ1n) is 10.4. The molecule has 0 aromatic heterocycles. The molecule has 0 saturated heterocycles. The van der Waals surface area contributed by atoms with E-state index in [-0.39, 0.29) is 43.3 Å². The van der Waals surface area contributed by atoms with E-state index in [9.17, 15) is 14.4 Å². The van der Waals surface area contributed by atoms with Gasteiger partial charge in [-0.25, -0.2) is 0 Å². The Bertz CT molecular complexity index is 962. The van der Waals surface area contributed by atoms with Gasteiger partial charge < -0.3 is 25.2 Å². The van der Waals surface area contributed by atoms with Crippen LogP contribution in [0.15, 0.2) is 48.5 Å². The number of hydrogen-bond donors (Lipinski definition) is 3. The van der Waals surface area contributed by atoms with E-state index in [4.69, 9.17) is 4.74 Å². The van der Waals surface area contributed by atoms with E-state index in [0.717, 1.165) is 4.90 Å². The minimum Gasteiger partial charge on any atom is -0.497 e. The predicted molar refractivity (Wildman–Crippen MR) is 119 cm³/mol. The number of fused-ring (bicyclic) bond motifs is 1. The van der Waals surface area contributed by atoms with Crippen molar-refractivity contribution in [2.45, 2.75) is 26.3 Å². The Labute approximate surface area is 182 Å². The Kier molecular flexibility index (Phi) is 7.25. The molecule has 164 valence electrons. The van der Waals surface area contributed by atoms with Crippen LogP contribution in [0.5, 0.6) is 5.75 Å². The van der Waals surface area contributed by atoms with Gasteiger partial charge in [0.1, 0.15) is 5.75 Å². The number of nitrogens with zero attached hydrogens (tertiary/aromatic N) is 1. The van der Waals surface area contributed by atoms with Gasteiger partial charge in [-0.05, 0) is 38.1 Å². The molecule has 0 fully saturated rings. The fourth-order valence-electron chi connectivity index (χ4n) is 3.71. The topological polar surface area (TPSA) is 92.2 Å². The van der Waals surface area contributed by atoms with Crippen LogP contribution in [-0.4, -0.2) is 50.5 Å². The van der Waals surface area contributed by atoms with Crippen molar-refractivity contribution in [2.24, 2.45) is 0 Å². The fourth-order valence-corrected chi connectivity index (χ4v) is 3.71. The molecule has 0 saturated carbocycles. The van der Waals surface area contributed by atoms with Crippen LogP contribution < -0.4 is 25.2 Å². The van der Waals surface area contributed by atoms with Crippen LogP contribution in [0, 0.1) is 0 Å². The number of rotatable bonds is 7. The maximum atomic E-state index is 13.2. The number of para-hydroxylation sites is 2. The van der Waals surface area contributed by atoms with Crippen LogP contribution >= 0.6 is 0 Å². The number of amides is 3. The second kappa shape index (κ2) is 10.1. The summed E-state index contributed by atoms with van der Waals surface area (Å²) < 4.78 is 5.18. The highest BCUT2D eigenvalue weighted by Gasteiger charge is 2.31. The molecule has 0 aliphatic carbocycles. The highest BCUT2D eigenvalue weighted by molar-refractivity contribution is 6.04. The van der Waals surface area contributed by atoms with Crippen LogP contribution in [0.3, 0.4) is 0 Å². The number of nitrogens with one attached hydrogen (secondary N) is 3. The molecule has 31 heavy (non-hydrogen) atoms. The smallest absolute Gasteiger partial charge is 0.282 e. The molecule has 1 aliphatic heterocycles. The minimum atomic E-state index is -0.278. The van der Waals surface area contributed by atoms with Crippen LogP contribution in [0.2, 0.25) is 0 Å². The van der Waals surface area contributed by atoms with Crippen molar-refractivity contribution in [3.05, 3.63) is 48.5 Å². The summed E-state index contributed by atoms with van der Waals surface area (Å²) in [6, 6.07) is 14.1. The summed E-state index contributed by atoms with van der Waals surface area (Å²) in [6.45, 7) is 4.71. The lowest BCUT2D eigenvalue weighted by Gasteiger charge is -2.29. The minimum absolute atomic E-state index is 0.118. The van der Waals surface area contributed by atoms with Crippen molar-refractivity contribution >= 4 is 34.8 Å². The van der Waals surface area contributed by atoms with Gasteiger partial charge in [0.05, 0.1) is 25.0 Å². The molecule has 1 heterocycles. The molecule has 8 nitrogen and oxygen atoms in total. The third kappa shape index (κ3) is 5.61. The molecule has 3 N–H and O–H groups in total. The van der Waals surface area contributed by atoms with E-state index < -0.39 is 0 Å². The molecule has 2 atom stereocenters. The zero-order valence-electron chi connectivity index (χ0n) is 18.1. The fraction of sp³-hybridized carbons (Fsp3) is 0.348. The quantitative estimate of drug-likeness (QED) is 0.624. The molecule has 0 radical (unpaired) electrons. The van der Waals surface area contributed by atoms with Gasteiger partial charge in [0.2, 0.25) is 5.91 Å². The summed E-state index contributed by atoms with van der Waals surface area (Å²) in [5, 5.41) is 5.71. The summed E-state index contributed by atoms with van der Waals surface area (Å²) in [7, 11) is 1.57. The zero-order chi connectivity index (χ0) is 22.4. The number of ether oxygens (including phenoxy) is 1. The monoisotopic (exact) mass is 425 g/mol. The van der Waals surface area contributed by atoms with Gasteiger partial charge >= 0.3 is 0 Å². The maximum Gasteiger partial charge on any atom is 0.282 e. The number of quaternary nitrogens is 1. The molecule has 3 rings (SSSR count). The Hall–Kier alpha value is -3.39.